The summed E-state index contributed by atoms with van der Waals surface area (Å²) in [6, 6.07) is 7.08. The fraction of sp³-hybridized carbons (Fsp3) is 0. The average Bonchev–Trinajstić information content (AvgIpc) is 2.20. The molecule has 0 bridgehead atoms. The van der Waals surface area contributed by atoms with Gasteiger partial charge in [-0.25, -0.2) is 0 Å². The van der Waals surface area contributed by atoms with Gasteiger partial charge in [-0.3, -0.25) is 14.3 Å². The molecule has 7 heteroatoms. The smallest absolute Gasteiger partial charge is 0.319 e. The number of benzene rings is 1. The van der Waals surface area contributed by atoms with Crippen LogP contribution < -0.4 is 10.5 Å². The Kier molecular flexibility index (Phi) is 4.80. The van der Waals surface area contributed by atoms with Crippen molar-refractivity contribution in [3.05, 3.63) is 29.3 Å². The van der Waals surface area contributed by atoms with E-state index in [0.717, 1.165) is 15.9 Å². The van der Waals surface area contributed by atoms with Gasteiger partial charge < -0.3 is 5.73 Å². The second kappa shape index (κ2) is 5.89. The molecular weight excluding hydrogens is 256 g/mol. The van der Waals surface area contributed by atoms with Gasteiger partial charge in [-0.15, -0.1) is 0 Å². The predicted octanol–water partition coefficient (Wildman–Crippen LogP) is 1.60. The van der Waals surface area contributed by atoms with E-state index in [0.29, 0.717) is 5.02 Å². The highest BCUT2D eigenvalue weighted by Gasteiger charge is 2.07. The summed E-state index contributed by atoms with van der Waals surface area (Å²) >= 11 is 5.69. The minimum atomic E-state index is -1.00. The minimum absolute atomic E-state index is 0.644. The third-order valence-electron chi connectivity index (χ3n) is 1.31. The molecule has 0 aliphatic heterocycles. The Bertz CT molecular complexity index is 369. The van der Waals surface area contributed by atoms with Crippen LogP contribution in [-0.2, 0) is 9.59 Å². The summed E-state index contributed by atoms with van der Waals surface area (Å²) < 4.78 is 2.28. The van der Waals surface area contributed by atoms with Crippen molar-refractivity contribution in [2.75, 3.05) is 0 Å². The normalized spacial score (nSPS) is 9.67. The number of primary amides is 1. The molecule has 0 atom stereocenters. The van der Waals surface area contributed by atoms with Crippen LogP contribution in [0.5, 0.6) is 0 Å². The van der Waals surface area contributed by atoms with E-state index in [-0.39, 0.29) is 0 Å². The maximum absolute atomic E-state index is 10.7. The average molecular weight is 263 g/mol. The molecule has 0 spiro atoms. The van der Waals surface area contributed by atoms with Gasteiger partial charge in [0.2, 0.25) is 0 Å². The molecule has 0 aliphatic rings. The summed E-state index contributed by atoms with van der Waals surface area (Å²) in [6.45, 7) is 0. The number of halogens is 1. The number of nitrogens with one attached hydrogen (secondary N) is 1. The molecule has 15 heavy (non-hydrogen) atoms. The molecule has 0 radical (unpaired) electrons. The van der Waals surface area contributed by atoms with E-state index in [1.807, 2.05) is 0 Å². The highest BCUT2D eigenvalue weighted by molar-refractivity contribution is 8.76. The van der Waals surface area contributed by atoms with E-state index in [4.69, 9.17) is 17.3 Å². The number of rotatable bonds is 3. The Hall–Kier alpha value is -0.850. The van der Waals surface area contributed by atoms with Crippen LogP contribution in [0.3, 0.4) is 0 Å². The van der Waals surface area contributed by atoms with Gasteiger partial charge in [0.05, 0.1) is 0 Å². The summed E-state index contributed by atoms with van der Waals surface area (Å²) in [7, 11) is 2.32. The van der Waals surface area contributed by atoms with Gasteiger partial charge in [0.15, 0.2) is 0 Å². The topological polar surface area (TPSA) is 72.2 Å². The fourth-order valence-corrected chi connectivity index (χ4v) is 2.31. The highest BCUT2D eigenvalue weighted by Crippen LogP contribution is 2.28. The predicted molar refractivity (Wildman–Crippen MR) is 62.2 cm³/mol. The first-order valence-corrected chi connectivity index (χ1v) is 6.31. The molecule has 0 unspecified atom stereocenters. The minimum Gasteiger partial charge on any atom is -0.361 e. The summed E-state index contributed by atoms with van der Waals surface area (Å²) in [5.74, 6) is -1.82. The number of amides is 2. The standard InChI is InChI=1S/C8H7ClN2O2S2/c9-5-1-3-6(4-2-5)14-15-11-8(13)7(10)12/h1-4H,(H2,10,12)(H,11,13). The van der Waals surface area contributed by atoms with Crippen LogP contribution in [0.25, 0.3) is 0 Å². The Labute approximate surface area is 99.5 Å². The lowest BCUT2D eigenvalue weighted by atomic mass is 10.4. The van der Waals surface area contributed by atoms with E-state index in [2.05, 4.69) is 4.72 Å². The Balaban J connectivity index is 2.35. The maximum Gasteiger partial charge on any atom is 0.319 e. The lowest BCUT2D eigenvalue weighted by Gasteiger charge is -2.00. The Morgan fingerprint density at radius 2 is 1.87 bits per heavy atom. The van der Waals surface area contributed by atoms with Crippen LogP contribution in [0, 0.1) is 0 Å². The first-order valence-electron chi connectivity index (χ1n) is 3.78. The molecule has 0 fully saturated rings. The summed E-state index contributed by atoms with van der Waals surface area (Å²) in [5, 5.41) is 0.644. The number of carbonyl (C=O) groups is 2. The van der Waals surface area contributed by atoms with Crippen LogP contribution >= 0.6 is 33.4 Å². The highest BCUT2D eigenvalue weighted by atomic mass is 35.5. The Morgan fingerprint density at radius 1 is 1.27 bits per heavy atom. The summed E-state index contributed by atoms with van der Waals surface area (Å²) in [4.78, 5) is 22.0. The zero-order valence-electron chi connectivity index (χ0n) is 7.40. The van der Waals surface area contributed by atoms with Crippen LogP contribution in [0.1, 0.15) is 0 Å². The molecular formula is C8H7ClN2O2S2. The molecule has 4 nitrogen and oxygen atoms in total. The molecule has 1 rings (SSSR count). The van der Waals surface area contributed by atoms with Crippen LogP contribution in [0.4, 0.5) is 0 Å². The maximum atomic E-state index is 10.7. The first kappa shape index (κ1) is 12.2. The van der Waals surface area contributed by atoms with Gasteiger partial charge >= 0.3 is 11.8 Å². The molecule has 0 saturated carbocycles. The zero-order valence-corrected chi connectivity index (χ0v) is 9.79. The van der Waals surface area contributed by atoms with Crippen LogP contribution in [-0.4, -0.2) is 11.8 Å². The third-order valence-corrected chi connectivity index (χ3v) is 3.46. The van der Waals surface area contributed by atoms with Crippen LogP contribution in [0.2, 0.25) is 5.02 Å². The van der Waals surface area contributed by atoms with Crippen molar-refractivity contribution in [3.8, 4) is 0 Å². The third kappa shape index (κ3) is 4.46. The number of hydrogen-bond donors (Lipinski definition) is 2. The lowest BCUT2D eigenvalue weighted by molar-refractivity contribution is -0.136. The molecule has 0 aromatic heterocycles. The second-order valence-electron chi connectivity index (χ2n) is 2.42. The van der Waals surface area contributed by atoms with Gasteiger partial charge in [0, 0.05) is 20.9 Å². The van der Waals surface area contributed by atoms with Crippen molar-refractivity contribution in [2.24, 2.45) is 5.73 Å². The number of hydrogen-bond acceptors (Lipinski definition) is 4. The number of carbonyl (C=O) groups excluding carboxylic acids is 2. The monoisotopic (exact) mass is 262 g/mol. The molecule has 80 valence electrons. The van der Waals surface area contributed by atoms with Gasteiger partial charge in [0.25, 0.3) is 0 Å². The molecule has 0 aliphatic carbocycles. The molecule has 1 aromatic carbocycles. The largest absolute Gasteiger partial charge is 0.361 e. The quantitative estimate of drug-likeness (QED) is 0.493. The molecule has 3 N–H and O–H groups in total. The fourth-order valence-electron chi connectivity index (χ4n) is 0.647. The van der Waals surface area contributed by atoms with E-state index in [9.17, 15) is 9.59 Å². The van der Waals surface area contributed by atoms with E-state index in [1.165, 1.54) is 10.8 Å². The van der Waals surface area contributed by atoms with Gasteiger partial charge in [-0.05, 0) is 35.1 Å². The molecule has 0 heterocycles. The summed E-state index contributed by atoms with van der Waals surface area (Å²) in [5.41, 5.74) is 4.74. The van der Waals surface area contributed by atoms with Crippen LogP contribution in [0.15, 0.2) is 29.2 Å². The van der Waals surface area contributed by atoms with Crippen molar-refractivity contribution in [1.29, 1.82) is 0 Å². The van der Waals surface area contributed by atoms with Crippen molar-refractivity contribution in [3.63, 3.8) is 0 Å². The Morgan fingerprint density at radius 3 is 2.40 bits per heavy atom. The second-order valence-corrected chi connectivity index (χ2v) is 4.86. The zero-order chi connectivity index (χ0) is 11.3. The molecule has 2 amide bonds. The van der Waals surface area contributed by atoms with Crippen molar-refractivity contribution in [1.82, 2.24) is 4.72 Å². The van der Waals surface area contributed by atoms with Gasteiger partial charge in [-0.1, -0.05) is 11.6 Å². The summed E-state index contributed by atoms with van der Waals surface area (Å²) in [6.07, 6.45) is 0. The van der Waals surface area contributed by atoms with Gasteiger partial charge in [0.1, 0.15) is 0 Å². The van der Waals surface area contributed by atoms with E-state index in [1.54, 1.807) is 24.3 Å². The van der Waals surface area contributed by atoms with E-state index < -0.39 is 11.8 Å². The SMILES string of the molecule is NC(=O)C(=O)NSSc1ccc(Cl)cc1. The van der Waals surface area contributed by atoms with Gasteiger partial charge in [-0.2, -0.15) is 0 Å². The molecule has 1 aromatic rings. The van der Waals surface area contributed by atoms with Crippen molar-refractivity contribution < 1.29 is 9.59 Å². The molecule has 0 saturated heterocycles. The van der Waals surface area contributed by atoms with Crippen molar-refractivity contribution >= 4 is 45.2 Å². The lowest BCUT2D eigenvalue weighted by Crippen LogP contribution is -2.31. The van der Waals surface area contributed by atoms with E-state index >= 15 is 0 Å². The van der Waals surface area contributed by atoms with Crippen molar-refractivity contribution in [2.45, 2.75) is 4.90 Å². The first-order chi connectivity index (χ1) is 7.09. The number of nitrogens with two attached hydrogens (primary N) is 1.